The summed E-state index contributed by atoms with van der Waals surface area (Å²) in [5, 5.41) is 5.51. The average Bonchev–Trinajstić information content (AvgIpc) is 2.43. The number of Topliss-reactive ketones (excluding diaryl/α,β-unsaturated/α-hetero) is 1. The quantitative estimate of drug-likeness (QED) is 0.571. The van der Waals surface area contributed by atoms with Gasteiger partial charge >= 0.3 is 6.03 Å². The Kier molecular flexibility index (Phi) is 7.46. The number of hydrogen-bond acceptors (Lipinski definition) is 3. The summed E-state index contributed by atoms with van der Waals surface area (Å²) in [4.78, 5) is 22.8. The number of unbranched alkanes of at least 4 members (excludes halogenated alkanes) is 1. The number of amides is 2. The maximum atomic E-state index is 11.7. The topological polar surface area (TPSA) is 67.4 Å². The molecule has 2 N–H and O–H groups in total. The molecule has 116 valence electrons. The van der Waals surface area contributed by atoms with Gasteiger partial charge in [-0.3, -0.25) is 4.79 Å². The molecule has 0 aliphatic rings. The molecule has 0 bridgehead atoms. The van der Waals surface area contributed by atoms with E-state index in [4.69, 9.17) is 4.74 Å². The van der Waals surface area contributed by atoms with Crippen LogP contribution in [0.5, 0.6) is 0 Å². The van der Waals surface area contributed by atoms with Crippen molar-refractivity contribution in [1.29, 1.82) is 0 Å². The third-order valence-corrected chi connectivity index (χ3v) is 2.86. The van der Waals surface area contributed by atoms with E-state index in [1.807, 2.05) is 13.8 Å². The van der Waals surface area contributed by atoms with Crippen molar-refractivity contribution >= 4 is 17.5 Å². The first kappa shape index (κ1) is 17.2. The monoisotopic (exact) mass is 292 g/mol. The minimum atomic E-state index is -0.240. The first-order chi connectivity index (χ1) is 9.99. The lowest BCUT2D eigenvalue weighted by molar-refractivity contribution is 0.0761. The summed E-state index contributed by atoms with van der Waals surface area (Å²) in [7, 11) is 0. The molecule has 0 radical (unpaired) electrons. The maximum Gasteiger partial charge on any atom is 0.319 e. The normalized spacial score (nSPS) is 10.5. The molecule has 0 atom stereocenters. The van der Waals surface area contributed by atoms with Crippen molar-refractivity contribution in [2.24, 2.45) is 0 Å². The lowest BCUT2D eigenvalue weighted by atomic mass is 10.1. The lowest BCUT2D eigenvalue weighted by Crippen LogP contribution is -2.29. The van der Waals surface area contributed by atoms with E-state index in [0.717, 1.165) is 12.8 Å². The Hall–Kier alpha value is -1.88. The van der Waals surface area contributed by atoms with Gasteiger partial charge in [-0.25, -0.2) is 4.79 Å². The minimum Gasteiger partial charge on any atom is -0.379 e. The highest BCUT2D eigenvalue weighted by Crippen LogP contribution is 2.09. The molecular weight excluding hydrogens is 268 g/mol. The van der Waals surface area contributed by atoms with E-state index >= 15 is 0 Å². The molecule has 0 fully saturated rings. The van der Waals surface area contributed by atoms with Crippen LogP contribution in [0.25, 0.3) is 0 Å². The molecule has 1 rings (SSSR count). The van der Waals surface area contributed by atoms with Crippen molar-refractivity contribution in [2.75, 3.05) is 18.5 Å². The van der Waals surface area contributed by atoms with Crippen molar-refractivity contribution in [3.63, 3.8) is 0 Å². The lowest BCUT2D eigenvalue weighted by Gasteiger charge is -2.09. The van der Waals surface area contributed by atoms with E-state index in [9.17, 15) is 9.59 Å². The van der Waals surface area contributed by atoms with Gasteiger partial charge in [0, 0.05) is 24.4 Å². The molecular formula is C16H24N2O3. The smallest absolute Gasteiger partial charge is 0.319 e. The van der Waals surface area contributed by atoms with Gasteiger partial charge in [-0.2, -0.15) is 0 Å². The van der Waals surface area contributed by atoms with Crippen LogP contribution in [-0.4, -0.2) is 31.1 Å². The van der Waals surface area contributed by atoms with Gasteiger partial charge in [0.15, 0.2) is 5.78 Å². The summed E-state index contributed by atoms with van der Waals surface area (Å²) >= 11 is 0. The van der Waals surface area contributed by atoms with Crippen LogP contribution in [0.3, 0.4) is 0 Å². The van der Waals surface area contributed by atoms with Gasteiger partial charge in [-0.1, -0.05) is 0 Å². The van der Waals surface area contributed by atoms with Gasteiger partial charge in [-0.05, 0) is 57.9 Å². The van der Waals surface area contributed by atoms with Crippen LogP contribution in [-0.2, 0) is 4.74 Å². The summed E-state index contributed by atoms with van der Waals surface area (Å²) < 4.78 is 5.42. The fourth-order valence-corrected chi connectivity index (χ4v) is 1.71. The molecule has 0 aliphatic carbocycles. The van der Waals surface area contributed by atoms with E-state index in [1.165, 1.54) is 6.92 Å². The van der Waals surface area contributed by atoms with Gasteiger partial charge in [0.2, 0.25) is 0 Å². The number of urea groups is 1. The fraction of sp³-hybridized carbons (Fsp3) is 0.500. The van der Waals surface area contributed by atoms with Crippen molar-refractivity contribution < 1.29 is 14.3 Å². The van der Waals surface area contributed by atoms with E-state index in [2.05, 4.69) is 10.6 Å². The highest BCUT2D eigenvalue weighted by molar-refractivity contribution is 5.95. The van der Waals surface area contributed by atoms with Crippen molar-refractivity contribution in [2.45, 2.75) is 39.7 Å². The van der Waals surface area contributed by atoms with Crippen LogP contribution in [0.15, 0.2) is 24.3 Å². The summed E-state index contributed by atoms with van der Waals surface area (Å²) in [5.74, 6) is 0.00891. The summed E-state index contributed by atoms with van der Waals surface area (Å²) in [6.45, 7) is 6.84. The first-order valence-electron chi connectivity index (χ1n) is 7.26. The molecule has 0 heterocycles. The molecule has 21 heavy (non-hydrogen) atoms. The number of hydrogen-bond donors (Lipinski definition) is 2. The van der Waals surface area contributed by atoms with E-state index < -0.39 is 0 Å². The van der Waals surface area contributed by atoms with Crippen molar-refractivity contribution in [3.05, 3.63) is 29.8 Å². The summed E-state index contributed by atoms with van der Waals surface area (Å²) in [6, 6.07) is 6.58. The molecule has 0 saturated carbocycles. The molecule has 0 aromatic heterocycles. The third kappa shape index (κ3) is 7.46. The Morgan fingerprint density at radius 2 is 1.81 bits per heavy atom. The largest absolute Gasteiger partial charge is 0.379 e. The molecule has 0 unspecified atom stereocenters. The Labute approximate surface area is 126 Å². The number of anilines is 1. The van der Waals surface area contributed by atoms with E-state index in [0.29, 0.717) is 24.4 Å². The summed E-state index contributed by atoms with van der Waals surface area (Å²) in [5.41, 5.74) is 1.30. The zero-order chi connectivity index (χ0) is 15.7. The standard InChI is InChI=1S/C16H24N2O3/c1-12(2)21-11-5-4-10-17-16(20)18-15-8-6-14(7-9-15)13(3)19/h6-9,12H,4-5,10-11H2,1-3H3,(H2,17,18,20). The highest BCUT2D eigenvalue weighted by Gasteiger charge is 2.03. The molecule has 5 nitrogen and oxygen atoms in total. The Bertz CT molecular complexity index is 455. The number of ether oxygens (including phenoxy) is 1. The second-order valence-corrected chi connectivity index (χ2v) is 5.14. The van der Waals surface area contributed by atoms with E-state index in [1.54, 1.807) is 24.3 Å². The molecule has 5 heteroatoms. The fourth-order valence-electron chi connectivity index (χ4n) is 1.71. The SMILES string of the molecule is CC(=O)c1ccc(NC(=O)NCCCCOC(C)C)cc1. The second kappa shape index (κ2) is 9.13. The number of benzene rings is 1. The van der Waals surface area contributed by atoms with Crippen LogP contribution in [0.4, 0.5) is 10.5 Å². The zero-order valence-electron chi connectivity index (χ0n) is 12.9. The Morgan fingerprint density at radius 3 is 2.38 bits per heavy atom. The Morgan fingerprint density at radius 1 is 1.14 bits per heavy atom. The number of carbonyl (C=O) groups is 2. The van der Waals surface area contributed by atoms with Gasteiger partial charge in [0.05, 0.1) is 6.10 Å². The van der Waals surface area contributed by atoms with Crippen LogP contribution < -0.4 is 10.6 Å². The van der Waals surface area contributed by atoms with E-state index in [-0.39, 0.29) is 17.9 Å². The molecule has 1 aromatic rings. The van der Waals surface area contributed by atoms with Gasteiger partial charge < -0.3 is 15.4 Å². The second-order valence-electron chi connectivity index (χ2n) is 5.14. The molecule has 2 amide bonds. The highest BCUT2D eigenvalue weighted by atomic mass is 16.5. The van der Waals surface area contributed by atoms with Crippen molar-refractivity contribution in [3.8, 4) is 0 Å². The summed E-state index contributed by atoms with van der Waals surface area (Å²) in [6.07, 6.45) is 2.05. The van der Waals surface area contributed by atoms with Crippen molar-refractivity contribution in [1.82, 2.24) is 5.32 Å². The van der Waals surface area contributed by atoms with Gasteiger partial charge in [0.1, 0.15) is 0 Å². The predicted molar refractivity (Wildman–Crippen MR) is 83.8 cm³/mol. The Balaban J connectivity index is 2.20. The van der Waals surface area contributed by atoms with Crippen LogP contribution in [0.1, 0.15) is 44.0 Å². The molecule has 0 spiro atoms. The van der Waals surface area contributed by atoms with Crippen LogP contribution >= 0.6 is 0 Å². The van der Waals surface area contributed by atoms with Gasteiger partial charge in [0.25, 0.3) is 0 Å². The number of carbonyl (C=O) groups excluding carboxylic acids is 2. The zero-order valence-corrected chi connectivity index (χ0v) is 12.9. The average molecular weight is 292 g/mol. The minimum absolute atomic E-state index is 0.00891. The van der Waals surface area contributed by atoms with Crippen LogP contribution in [0, 0.1) is 0 Å². The molecule has 0 saturated heterocycles. The van der Waals surface area contributed by atoms with Gasteiger partial charge in [-0.15, -0.1) is 0 Å². The van der Waals surface area contributed by atoms with Crippen LogP contribution in [0.2, 0.25) is 0 Å². The number of ketones is 1. The molecule has 1 aromatic carbocycles. The number of rotatable bonds is 8. The third-order valence-electron chi connectivity index (χ3n) is 2.86. The number of nitrogens with one attached hydrogen (secondary N) is 2. The molecule has 0 aliphatic heterocycles. The first-order valence-corrected chi connectivity index (χ1v) is 7.26. The maximum absolute atomic E-state index is 11.7. The predicted octanol–water partition coefficient (Wildman–Crippen LogP) is 3.22.